The van der Waals surface area contributed by atoms with Crippen molar-refractivity contribution >= 4 is 17.2 Å². The van der Waals surface area contributed by atoms with Gasteiger partial charge in [-0.2, -0.15) is 0 Å². The van der Waals surface area contributed by atoms with Gasteiger partial charge in [0.05, 0.1) is 0 Å². The molecule has 1 unspecified atom stereocenters. The third kappa shape index (κ3) is 3.70. The van der Waals surface area contributed by atoms with E-state index in [2.05, 4.69) is 32.9 Å². The van der Waals surface area contributed by atoms with Crippen molar-refractivity contribution in [3.8, 4) is 5.75 Å². The summed E-state index contributed by atoms with van der Waals surface area (Å²) < 4.78 is 5.71. The smallest absolute Gasteiger partial charge is 0.145 e. The number of nitrogens with two attached hydrogens (primary N) is 1. The van der Waals surface area contributed by atoms with Gasteiger partial charge in [0.25, 0.3) is 0 Å². The first-order valence-corrected chi connectivity index (χ1v) is 6.19. The first-order valence-electron chi connectivity index (χ1n) is 5.79. The molecular weight excluding hydrogens is 230 g/mol. The van der Waals surface area contributed by atoms with E-state index in [1.807, 2.05) is 19.9 Å². The highest BCUT2D eigenvalue weighted by molar-refractivity contribution is 7.80. The molecule has 0 bridgehead atoms. The summed E-state index contributed by atoms with van der Waals surface area (Å²) in [5.41, 5.74) is 8.10. The Kier molecular flexibility index (Phi) is 4.15. The van der Waals surface area contributed by atoms with Crippen LogP contribution in [-0.4, -0.2) is 11.1 Å². The summed E-state index contributed by atoms with van der Waals surface area (Å²) in [7, 11) is 0. The van der Waals surface area contributed by atoms with Gasteiger partial charge in [-0.15, -0.1) is 0 Å². The third-order valence-electron chi connectivity index (χ3n) is 2.75. The van der Waals surface area contributed by atoms with E-state index in [-0.39, 0.29) is 11.5 Å². The molecule has 94 valence electrons. The maximum Gasteiger partial charge on any atom is 0.145 e. The van der Waals surface area contributed by atoms with Crippen LogP contribution in [0.1, 0.15) is 38.8 Å². The molecule has 0 aliphatic heterocycles. The van der Waals surface area contributed by atoms with Crippen LogP contribution < -0.4 is 10.5 Å². The fraction of sp³-hybridized carbons (Fsp3) is 0.500. The van der Waals surface area contributed by atoms with Crippen molar-refractivity contribution in [2.24, 2.45) is 5.73 Å². The topological polar surface area (TPSA) is 35.2 Å². The van der Waals surface area contributed by atoms with E-state index in [4.69, 9.17) is 22.7 Å². The Hall–Kier alpha value is -1.09. The van der Waals surface area contributed by atoms with Gasteiger partial charge in [-0.25, -0.2) is 0 Å². The first-order chi connectivity index (χ1) is 7.71. The molecule has 0 spiro atoms. The molecule has 1 aromatic carbocycles. The minimum absolute atomic E-state index is 0.151. The number of hydrogen-bond donors (Lipinski definition) is 1. The summed E-state index contributed by atoms with van der Waals surface area (Å²) in [6.45, 7) is 10.5. The summed E-state index contributed by atoms with van der Waals surface area (Å²) in [5, 5.41) is 0. The van der Waals surface area contributed by atoms with Crippen molar-refractivity contribution in [3.63, 3.8) is 0 Å². The molecule has 0 saturated carbocycles. The van der Waals surface area contributed by atoms with Gasteiger partial charge in [0.15, 0.2) is 0 Å². The zero-order chi connectivity index (χ0) is 13.2. The summed E-state index contributed by atoms with van der Waals surface area (Å²) in [6, 6.07) is 6.24. The van der Waals surface area contributed by atoms with E-state index >= 15 is 0 Å². The van der Waals surface area contributed by atoms with Gasteiger partial charge >= 0.3 is 0 Å². The second-order valence-electron chi connectivity index (χ2n) is 5.39. The van der Waals surface area contributed by atoms with Crippen LogP contribution in [-0.2, 0) is 5.41 Å². The Morgan fingerprint density at radius 2 is 1.94 bits per heavy atom. The number of rotatable bonds is 3. The van der Waals surface area contributed by atoms with Gasteiger partial charge < -0.3 is 10.5 Å². The van der Waals surface area contributed by atoms with Crippen LogP contribution in [0.5, 0.6) is 5.75 Å². The van der Waals surface area contributed by atoms with Crippen molar-refractivity contribution in [1.82, 2.24) is 0 Å². The molecule has 2 nitrogen and oxygen atoms in total. The molecule has 0 radical (unpaired) electrons. The molecule has 17 heavy (non-hydrogen) atoms. The zero-order valence-electron chi connectivity index (χ0n) is 11.2. The Morgan fingerprint density at radius 1 is 1.35 bits per heavy atom. The van der Waals surface area contributed by atoms with Crippen LogP contribution >= 0.6 is 12.2 Å². The predicted molar refractivity (Wildman–Crippen MR) is 76.8 cm³/mol. The van der Waals surface area contributed by atoms with Crippen molar-refractivity contribution in [2.45, 2.75) is 46.1 Å². The molecule has 0 aliphatic carbocycles. The highest BCUT2D eigenvalue weighted by Gasteiger charge is 2.15. The van der Waals surface area contributed by atoms with E-state index in [9.17, 15) is 0 Å². The number of aryl methyl sites for hydroxylation is 1. The minimum atomic E-state index is -0.232. The molecule has 1 rings (SSSR count). The normalized spacial score (nSPS) is 13.2. The molecule has 1 atom stereocenters. The Labute approximate surface area is 109 Å². The largest absolute Gasteiger partial charge is 0.483 e. The Bertz CT molecular complexity index is 421. The molecule has 0 aliphatic rings. The van der Waals surface area contributed by atoms with Gasteiger partial charge in [0, 0.05) is 0 Å². The summed E-state index contributed by atoms with van der Waals surface area (Å²) in [4.78, 5) is 0.379. The Balaban J connectivity index is 2.95. The van der Waals surface area contributed by atoms with E-state index in [0.29, 0.717) is 4.99 Å². The van der Waals surface area contributed by atoms with Crippen LogP contribution in [0.25, 0.3) is 0 Å². The average Bonchev–Trinajstić information content (AvgIpc) is 2.19. The molecule has 0 fully saturated rings. The SMILES string of the molecule is Cc1cc(C(C)(C)C)ccc1OC(C)C(N)=S. The van der Waals surface area contributed by atoms with Gasteiger partial charge in [0.2, 0.25) is 0 Å². The van der Waals surface area contributed by atoms with Crippen molar-refractivity contribution in [3.05, 3.63) is 29.3 Å². The van der Waals surface area contributed by atoms with Gasteiger partial charge in [-0.05, 0) is 36.5 Å². The molecule has 0 amide bonds. The lowest BCUT2D eigenvalue weighted by Crippen LogP contribution is -2.29. The van der Waals surface area contributed by atoms with Crippen LogP contribution in [0, 0.1) is 6.92 Å². The van der Waals surface area contributed by atoms with Crippen molar-refractivity contribution in [2.75, 3.05) is 0 Å². The number of benzene rings is 1. The quantitative estimate of drug-likeness (QED) is 0.837. The van der Waals surface area contributed by atoms with Crippen molar-refractivity contribution in [1.29, 1.82) is 0 Å². The monoisotopic (exact) mass is 251 g/mol. The lowest BCUT2D eigenvalue weighted by atomic mass is 9.86. The fourth-order valence-electron chi connectivity index (χ4n) is 1.50. The zero-order valence-corrected chi connectivity index (χ0v) is 12.0. The lowest BCUT2D eigenvalue weighted by Gasteiger charge is -2.21. The van der Waals surface area contributed by atoms with Crippen molar-refractivity contribution < 1.29 is 4.74 Å². The number of thiocarbonyl (C=S) groups is 1. The third-order valence-corrected chi connectivity index (χ3v) is 3.08. The number of hydrogen-bond acceptors (Lipinski definition) is 2. The first kappa shape index (κ1) is 14.0. The van der Waals surface area contributed by atoms with Gasteiger partial charge in [0.1, 0.15) is 16.8 Å². The molecular formula is C14H21NOS. The highest BCUT2D eigenvalue weighted by Crippen LogP contribution is 2.27. The maximum atomic E-state index is 5.71. The predicted octanol–water partition coefficient (Wildman–Crippen LogP) is 3.35. The fourth-order valence-corrected chi connectivity index (χ4v) is 1.54. The van der Waals surface area contributed by atoms with E-state index < -0.39 is 0 Å². The molecule has 0 heterocycles. The summed E-state index contributed by atoms with van der Waals surface area (Å²) in [5.74, 6) is 0.846. The lowest BCUT2D eigenvalue weighted by molar-refractivity contribution is 0.286. The minimum Gasteiger partial charge on any atom is -0.483 e. The molecule has 3 heteroatoms. The van der Waals surface area contributed by atoms with Gasteiger partial charge in [-0.1, -0.05) is 45.1 Å². The average molecular weight is 251 g/mol. The van der Waals surface area contributed by atoms with Gasteiger partial charge in [-0.3, -0.25) is 0 Å². The van der Waals surface area contributed by atoms with E-state index in [1.54, 1.807) is 0 Å². The summed E-state index contributed by atoms with van der Waals surface area (Å²) >= 11 is 4.90. The van der Waals surface area contributed by atoms with Crippen LogP contribution in [0.15, 0.2) is 18.2 Å². The molecule has 0 aromatic heterocycles. The highest BCUT2D eigenvalue weighted by atomic mass is 32.1. The summed E-state index contributed by atoms with van der Waals surface area (Å²) in [6.07, 6.45) is -0.232. The standard InChI is InChI=1S/C14H21NOS/c1-9-8-11(14(3,4)5)6-7-12(9)16-10(2)13(15)17/h6-8,10H,1-5H3,(H2,15,17). The van der Waals surface area contributed by atoms with Crippen LogP contribution in [0.3, 0.4) is 0 Å². The van der Waals surface area contributed by atoms with Crippen LogP contribution in [0.4, 0.5) is 0 Å². The second kappa shape index (κ2) is 5.05. The number of ether oxygens (including phenoxy) is 1. The van der Waals surface area contributed by atoms with Crippen LogP contribution in [0.2, 0.25) is 0 Å². The van der Waals surface area contributed by atoms with E-state index in [0.717, 1.165) is 11.3 Å². The molecule has 1 aromatic rings. The molecule has 0 saturated heterocycles. The molecule has 2 N–H and O–H groups in total. The second-order valence-corrected chi connectivity index (χ2v) is 5.86. The van der Waals surface area contributed by atoms with E-state index in [1.165, 1.54) is 5.56 Å². The Morgan fingerprint density at radius 3 is 2.35 bits per heavy atom. The maximum absolute atomic E-state index is 5.71.